The molecule has 4 aromatic rings. The summed E-state index contributed by atoms with van der Waals surface area (Å²) in [5, 5.41) is 3.62. The van der Waals surface area contributed by atoms with Crippen molar-refractivity contribution in [2.24, 2.45) is 5.41 Å². The number of benzene rings is 1. The molecule has 4 heterocycles. The lowest BCUT2D eigenvalue weighted by molar-refractivity contribution is -0.138. The maximum Gasteiger partial charge on any atom is 0.248 e. The summed E-state index contributed by atoms with van der Waals surface area (Å²) in [5.74, 6) is 1.03. The molecule has 1 aromatic carbocycles. The van der Waals surface area contributed by atoms with Crippen LogP contribution in [0.5, 0.6) is 5.75 Å². The third kappa shape index (κ3) is 4.99. The van der Waals surface area contributed by atoms with Gasteiger partial charge in [0.15, 0.2) is 5.78 Å². The Kier molecular flexibility index (Phi) is 6.64. The van der Waals surface area contributed by atoms with E-state index >= 15 is 0 Å². The number of hydrogen-bond acceptors (Lipinski definition) is 7. The Morgan fingerprint density at radius 3 is 2.59 bits per heavy atom. The fraction of sp³-hybridized carbons (Fsp3) is 0.333. The summed E-state index contributed by atoms with van der Waals surface area (Å²) < 4.78 is 7.61. The summed E-state index contributed by atoms with van der Waals surface area (Å²) in [7, 11) is 1.54. The van der Waals surface area contributed by atoms with Gasteiger partial charge in [0.05, 0.1) is 7.11 Å². The summed E-state index contributed by atoms with van der Waals surface area (Å²) in [6, 6.07) is 8.49. The number of carbonyl (C=O) groups excluding carboxylic acids is 3. The molecule has 1 saturated carbocycles. The molecule has 0 spiro atoms. The highest BCUT2D eigenvalue weighted by Crippen LogP contribution is 2.59. The third-order valence-electron chi connectivity index (χ3n) is 8.16. The van der Waals surface area contributed by atoms with Crippen LogP contribution >= 0.6 is 15.9 Å². The Morgan fingerprint density at radius 2 is 1.88 bits per heavy atom. The molecule has 3 atom stereocenters. The summed E-state index contributed by atoms with van der Waals surface area (Å²) in [6.07, 6.45) is 6.67. The first-order chi connectivity index (χ1) is 19.6. The second-order valence-electron chi connectivity index (χ2n) is 11.1. The Morgan fingerprint density at radius 1 is 1.12 bits per heavy atom. The van der Waals surface area contributed by atoms with Crippen molar-refractivity contribution in [2.45, 2.75) is 52.2 Å². The normalized spacial score (nSPS) is 21.0. The number of nitrogens with zero attached hydrogens (tertiary/aromatic N) is 5. The van der Waals surface area contributed by atoms with E-state index in [9.17, 15) is 14.4 Å². The zero-order valence-electron chi connectivity index (χ0n) is 23.1. The van der Waals surface area contributed by atoms with Crippen LogP contribution in [0.3, 0.4) is 0 Å². The average molecular weight is 618 g/mol. The van der Waals surface area contributed by atoms with Crippen LogP contribution in [-0.4, -0.2) is 61.2 Å². The number of halogens is 1. The molecule has 0 unspecified atom stereocenters. The van der Waals surface area contributed by atoms with E-state index in [0.29, 0.717) is 34.0 Å². The number of anilines is 1. The number of Topliss-reactive ketones (excluding diaryl/α,β-unsaturated/α-hetero) is 1. The summed E-state index contributed by atoms with van der Waals surface area (Å²) in [6.45, 7) is 5.46. The van der Waals surface area contributed by atoms with E-state index in [0.717, 1.165) is 28.5 Å². The first-order valence-electron chi connectivity index (χ1n) is 13.3. The Bertz CT molecular complexity index is 1720. The number of methoxy groups -OCH3 is 1. The van der Waals surface area contributed by atoms with Crippen molar-refractivity contribution in [3.8, 4) is 16.9 Å². The molecule has 1 saturated heterocycles. The van der Waals surface area contributed by atoms with Crippen molar-refractivity contribution in [1.82, 2.24) is 24.4 Å². The quantitative estimate of drug-likeness (QED) is 0.234. The predicted octanol–water partition coefficient (Wildman–Crippen LogP) is 4.79. The van der Waals surface area contributed by atoms with Crippen LogP contribution in [0.15, 0.2) is 53.5 Å². The topological polar surface area (TPSA) is 119 Å². The summed E-state index contributed by atoms with van der Waals surface area (Å²) in [4.78, 5) is 54.5. The molecule has 2 amide bonds. The number of aromatic nitrogens is 4. The molecule has 0 radical (unpaired) electrons. The number of ether oxygens (including phenoxy) is 1. The number of hydrogen-bond donors (Lipinski definition) is 1. The van der Waals surface area contributed by atoms with Crippen molar-refractivity contribution in [3.05, 3.63) is 64.9 Å². The first-order valence-corrected chi connectivity index (χ1v) is 14.1. The van der Waals surface area contributed by atoms with E-state index in [1.54, 1.807) is 47.3 Å². The van der Waals surface area contributed by atoms with Gasteiger partial charge in [0.1, 0.15) is 34.6 Å². The molecule has 10 nitrogen and oxygen atoms in total. The first kappa shape index (κ1) is 27.1. The zero-order valence-corrected chi connectivity index (χ0v) is 24.7. The fourth-order valence-electron chi connectivity index (χ4n) is 5.88. The maximum absolute atomic E-state index is 13.8. The number of carbonyl (C=O) groups is 3. The molecular weight excluding hydrogens is 588 g/mol. The van der Waals surface area contributed by atoms with Gasteiger partial charge in [-0.15, -0.1) is 0 Å². The Hall–Kier alpha value is -4.12. The highest BCUT2D eigenvalue weighted by molar-refractivity contribution is 9.10. The van der Waals surface area contributed by atoms with E-state index < -0.39 is 6.04 Å². The number of piperidine rings is 1. The van der Waals surface area contributed by atoms with E-state index in [1.165, 1.54) is 6.92 Å². The number of rotatable bonds is 7. The van der Waals surface area contributed by atoms with Gasteiger partial charge in [-0.1, -0.05) is 13.0 Å². The van der Waals surface area contributed by atoms with Crippen LogP contribution in [0, 0.1) is 12.3 Å². The monoisotopic (exact) mass is 616 g/mol. The molecule has 11 heteroatoms. The van der Waals surface area contributed by atoms with Gasteiger partial charge in [-0.2, -0.15) is 0 Å². The van der Waals surface area contributed by atoms with Crippen LogP contribution in [0.1, 0.15) is 42.9 Å². The van der Waals surface area contributed by atoms with Gasteiger partial charge in [0, 0.05) is 58.8 Å². The smallest absolute Gasteiger partial charge is 0.248 e. The van der Waals surface area contributed by atoms with Gasteiger partial charge < -0.3 is 19.5 Å². The van der Waals surface area contributed by atoms with Crippen LogP contribution in [-0.2, 0) is 16.1 Å². The second-order valence-corrected chi connectivity index (χ2v) is 11.9. The average Bonchev–Trinajstić information content (AvgIpc) is 3.30. The van der Waals surface area contributed by atoms with Crippen molar-refractivity contribution < 1.29 is 19.1 Å². The molecule has 3 aromatic heterocycles. The van der Waals surface area contributed by atoms with E-state index in [1.807, 2.05) is 25.1 Å². The molecule has 2 fully saturated rings. The standard InChI is InChI=1S/C30H29BrN6O4/c1-16(38)22-14-36(23-6-5-18(7-21(22)23)19-12-32-17(2)33-13-19)15-28(39)37-24(10-30(3)11-25(30)37)29(40)35-27-9-20(41-4)8-26(31)34-27/h5-9,12-14,24-25H,10-11,15H2,1-4H3,(H,34,35,40)/t24-,25+,30-/m0/s1. The number of aryl methyl sites for hydroxylation is 1. The minimum atomic E-state index is -0.625. The summed E-state index contributed by atoms with van der Waals surface area (Å²) in [5.41, 5.74) is 2.93. The molecule has 6 rings (SSSR count). The maximum atomic E-state index is 13.8. The van der Waals surface area contributed by atoms with Crippen molar-refractivity contribution in [2.75, 3.05) is 12.4 Å². The minimum absolute atomic E-state index is 0.00185. The minimum Gasteiger partial charge on any atom is -0.497 e. The van der Waals surface area contributed by atoms with Gasteiger partial charge in [0.2, 0.25) is 11.8 Å². The molecule has 210 valence electrons. The highest BCUT2D eigenvalue weighted by Gasteiger charge is 2.64. The Labute approximate surface area is 245 Å². The number of fused-ring (bicyclic) bond motifs is 2. The van der Waals surface area contributed by atoms with Gasteiger partial charge >= 0.3 is 0 Å². The molecular formula is C30H29BrN6O4. The van der Waals surface area contributed by atoms with Gasteiger partial charge in [0.25, 0.3) is 0 Å². The third-order valence-corrected chi connectivity index (χ3v) is 8.57. The van der Waals surface area contributed by atoms with E-state index in [4.69, 9.17) is 4.74 Å². The van der Waals surface area contributed by atoms with Crippen LogP contribution < -0.4 is 10.1 Å². The Balaban J connectivity index is 1.28. The zero-order chi connectivity index (χ0) is 29.1. The lowest BCUT2D eigenvalue weighted by atomic mass is 10.0. The number of pyridine rings is 1. The summed E-state index contributed by atoms with van der Waals surface area (Å²) >= 11 is 3.34. The molecule has 0 bridgehead atoms. The number of nitrogens with one attached hydrogen (secondary N) is 1. The lowest BCUT2D eigenvalue weighted by Gasteiger charge is -2.27. The largest absolute Gasteiger partial charge is 0.497 e. The number of likely N-dealkylation sites (tertiary alicyclic amines) is 1. The van der Waals surface area contributed by atoms with Crippen LogP contribution in [0.25, 0.3) is 22.0 Å². The van der Waals surface area contributed by atoms with Crippen LogP contribution in [0.4, 0.5) is 5.82 Å². The molecule has 1 aliphatic heterocycles. The van der Waals surface area contributed by atoms with E-state index in [2.05, 4.69) is 43.1 Å². The molecule has 2 aliphatic rings. The van der Waals surface area contributed by atoms with Gasteiger partial charge in [-0.05, 0) is 65.7 Å². The van der Waals surface area contributed by atoms with Crippen molar-refractivity contribution >= 4 is 50.2 Å². The molecule has 41 heavy (non-hydrogen) atoms. The predicted molar refractivity (Wildman–Crippen MR) is 157 cm³/mol. The van der Waals surface area contributed by atoms with Gasteiger partial charge in [-0.25, -0.2) is 15.0 Å². The number of amides is 2. The number of ketones is 1. The van der Waals surface area contributed by atoms with Crippen molar-refractivity contribution in [1.29, 1.82) is 0 Å². The highest BCUT2D eigenvalue weighted by atomic mass is 79.9. The van der Waals surface area contributed by atoms with Gasteiger partial charge in [-0.3, -0.25) is 14.4 Å². The fourth-order valence-corrected chi connectivity index (χ4v) is 6.30. The second kappa shape index (κ2) is 10.1. The molecule has 1 N–H and O–H groups in total. The SMILES string of the molecule is COc1cc(Br)nc(NC(=O)[C@@H]2C[C@@]3(C)C[C@H]3N2C(=O)Cn2cc(C(C)=O)c3cc(-c4cnc(C)nc4)ccc32)c1. The van der Waals surface area contributed by atoms with Crippen LogP contribution in [0.2, 0.25) is 0 Å². The molecule has 1 aliphatic carbocycles. The van der Waals surface area contributed by atoms with E-state index in [-0.39, 0.29) is 35.6 Å². The lowest BCUT2D eigenvalue weighted by Crippen LogP contribution is -2.46. The van der Waals surface area contributed by atoms with Crippen molar-refractivity contribution in [3.63, 3.8) is 0 Å².